The smallest absolute Gasteiger partial charge is 0.273 e. The number of aromatic amines is 1. The second-order valence-electron chi connectivity index (χ2n) is 5.93. The van der Waals surface area contributed by atoms with E-state index in [1.54, 1.807) is 6.07 Å². The highest BCUT2D eigenvalue weighted by atomic mass is 16.1. The van der Waals surface area contributed by atoms with Crippen LogP contribution in [0.4, 0.5) is 11.4 Å². The summed E-state index contributed by atoms with van der Waals surface area (Å²) in [4.78, 5) is 14.3. The zero-order valence-corrected chi connectivity index (χ0v) is 14.0. The van der Waals surface area contributed by atoms with E-state index in [-0.39, 0.29) is 5.91 Å². The van der Waals surface area contributed by atoms with Gasteiger partial charge in [0.2, 0.25) is 0 Å². The molecular weight excluding hydrogens is 300 g/mol. The van der Waals surface area contributed by atoms with Crippen molar-refractivity contribution in [3.05, 3.63) is 65.9 Å². The van der Waals surface area contributed by atoms with Gasteiger partial charge in [0.25, 0.3) is 5.91 Å². The molecule has 3 aromatic rings. The molecule has 0 unspecified atom stereocenters. The lowest BCUT2D eigenvalue weighted by Crippen LogP contribution is -2.13. The molecule has 0 spiro atoms. The molecule has 1 aromatic heterocycles. The summed E-state index contributed by atoms with van der Waals surface area (Å²) in [5, 5.41) is 9.89. The van der Waals surface area contributed by atoms with E-state index in [1.807, 2.05) is 74.4 Å². The van der Waals surface area contributed by atoms with E-state index < -0.39 is 0 Å². The average Bonchev–Trinajstić information content (AvgIpc) is 3.06. The molecule has 2 aromatic carbocycles. The van der Waals surface area contributed by atoms with Crippen LogP contribution in [0.15, 0.2) is 54.6 Å². The third-order valence-corrected chi connectivity index (χ3v) is 3.81. The van der Waals surface area contributed by atoms with Crippen molar-refractivity contribution in [3.63, 3.8) is 0 Å². The van der Waals surface area contributed by atoms with Crippen molar-refractivity contribution < 1.29 is 4.79 Å². The van der Waals surface area contributed by atoms with Gasteiger partial charge in [-0.3, -0.25) is 9.89 Å². The Hall–Kier alpha value is -3.08. The van der Waals surface area contributed by atoms with Crippen molar-refractivity contribution >= 4 is 17.3 Å². The zero-order chi connectivity index (χ0) is 17.1. The number of aryl methyl sites for hydroxylation is 1. The van der Waals surface area contributed by atoms with Crippen LogP contribution < -0.4 is 10.2 Å². The largest absolute Gasteiger partial charge is 0.378 e. The summed E-state index contributed by atoms with van der Waals surface area (Å²) in [7, 11) is 3.95. The fourth-order valence-corrected chi connectivity index (χ4v) is 2.35. The highest BCUT2D eigenvalue weighted by molar-refractivity contribution is 6.03. The van der Waals surface area contributed by atoms with Crippen LogP contribution in [0.5, 0.6) is 0 Å². The molecule has 0 aliphatic carbocycles. The van der Waals surface area contributed by atoms with Crippen molar-refractivity contribution in [2.45, 2.75) is 6.92 Å². The minimum atomic E-state index is -0.210. The van der Waals surface area contributed by atoms with Gasteiger partial charge in [-0.2, -0.15) is 5.10 Å². The summed E-state index contributed by atoms with van der Waals surface area (Å²) in [6, 6.07) is 17.5. The van der Waals surface area contributed by atoms with Crippen molar-refractivity contribution in [2.24, 2.45) is 0 Å². The van der Waals surface area contributed by atoms with Crippen LogP contribution in [0, 0.1) is 6.92 Å². The lowest BCUT2D eigenvalue weighted by molar-refractivity contribution is 0.102. The lowest BCUT2D eigenvalue weighted by Gasteiger charge is -2.12. The number of hydrogen-bond donors (Lipinski definition) is 2. The van der Waals surface area contributed by atoms with Crippen LogP contribution >= 0.6 is 0 Å². The Morgan fingerprint density at radius 1 is 1.04 bits per heavy atom. The Balaban J connectivity index is 1.72. The van der Waals surface area contributed by atoms with E-state index in [0.717, 1.165) is 22.6 Å². The van der Waals surface area contributed by atoms with Gasteiger partial charge in [-0.1, -0.05) is 29.8 Å². The van der Waals surface area contributed by atoms with Crippen LogP contribution in [0.2, 0.25) is 0 Å². The molecule has 0 saturated heterocycles. The maximum absolute atomic E-state index is 12.3. The highest BCUT2D eigenvalue weighted by Gasteiger charge is 2.11. The van der Waals surface area contributed by atoms with Gasteiger partial charge >= 0.3 is 0 Å². The third kappa shape index (κ3) is 3.46. The second-order valence-corrected chi connectivity index (χ2v) is 5.93. The average molecular weight is 320 g/mol. The van der Waals surface area contributed by atoms with E-state index in [0.29, 0.717) is 5.69 Å². The topological polar surface area (TPSA) is 61.0 Å². The molecule has 24 heavy (non-hydrogen) atoms. The number of H-pyrrole nitrogens is 1. The van der Waals surface area contributed by atoms with Crippen LogP contribution in [0.3, 0.4) is 0 Å². The van der Waals surface area contributed by atoms with Crippen molar-refractivity contribution in [3.8, 4) is 11.3 Å². The normalized spacial score (nSPS) is 10.5. The van der Waals surface area contributed by atoms with Crippen LogP contribution in [0.1, 0.15) is 16.1 Å². The van der Waals surface area contributed by atoms with Crippen LogP contribution in [-0.4, -0.2) is 30.2 Å². The molecular formula is C19H20N4O. The molecule has 0 atom stereocenters. The monoisotopic (exact) mass is 320 g/mol. The van der Waals surface area contributed by atoms with E-state index in [1.165, 1.54) is 5.56 Å². The fourth-order valence-electron chi connectivity index (χ4n) is 2.35. The summed E-state index contributed by atoms with van der Waals surface area (Å²) in [5.41, 5.74) is 5.18. The molecule has 5 nitrogen and oxygen atoms in total. The first-order chi connectivity index (χ1) is 11.5. The second kappa shape index (κ2) is 6.58. The number of rotatable bonds is 4. The molecule has 0 aliphatic heterocycles. The van der Waals surface area contributed by atoms with Crippen molar-refractivity contribution in [2.75, 3.05) is 24.3 Å². The number of hydrogen-bond acceptors (Lipinski definition) is 3. The number of nitrogens with one attached hydrogen (secondary N) is 2. The Morgan fingerprint density at radius 3 is 2.33 bits per heavy atom. The fraction of sp³-hybridized carbons (Fsp3) is 0.158. The number of carbonyl (C=O) groups excluding carboxylic acids is 1. The van der Waals surface area contributed by atoms with E-state index >= 15 is 0 Å². The summed E-state index contributed by atoms with van der Waals surface area (Å²) in [5.74, 6) is -0.210. The molecule has 2 N–H and O–H groups in total. The predicted molar refractivity (Wildman–Crippen MR) is 97.5 cm³/mol. The highest BCUT2D eigenvalue weighted by Crippen LogP contribution is 2.20. The van der Waals surface area contributed by atoms with Crippen molar-refractivity contribution in [1.82, 2.24) is 10.2 Å². The number of aromatic nitrogens is 2. The molecule has 122 valence electrons. The van der Waals surface area contributed by atoms with Gasteiger partial charge in [-0.05, 0) is 37.3 Å². The Labute approximate surface area is 141 Å². The summed E-state index contributed by atoms with van der Waals surface area (Å²) in [6.07, 6.45) is 0. The van der Waals surface area contributed by atoms with Gasteiger partial charge in [0, 0.05) is 31.0 Å². The van der Waals surface area contributed by atoms with Crippen LogP contribution in [-0.2, 0) is 0 Å². The predicted octanol–water partition coefficient (Wildman–Crippen LogP) is 3.70. The number of anilines is 2. The SMILES string of the molecule is Cc1ccc(-c2cc(C(=O)Nc3ccc(N(C)C)cc3)[nH]n2)cc1. The first kappa shape index (κ1) is 15.8. The third-order valence-electron chi connectivity index (χ3n) is 3.81. The van der Waals surface area contributed by atoms with Gasteiger partial charge in [0.1, 0.15) is 5.69 Å². The molecule has 0 bridgehead atoms. The molecule has 5 heteroatoms. The molecule has 0 saturated carbocycles. The molecule has 1 heterocycles. The zero-order valence-electron chi connectivity index (χ0n) is 14.0. The molecule has 3 rings (SSSR count). The maximum Gasteiger partial charge on any atom is 0.273 e. The summed E-state index contributed by atoms with van der Waals surface area (Å²) in [6.45, 7) is 2.04. The molecule has 0 fully saturated rings. The van der Waals surface area contributed by atoms with Gasteiger partial charge in [-0.25, -0.2) is 0 Å². The number of nitrogens with zero attached hydrogens (tertiary/aromatic N) is 2. The van der Waals surface area contributed by atoms with E-state index in [4.69, 9.17) is 0 Å². The number of amides is 1. The minimum Gasteiger partial charge on any atom is -0.378 e. The van der Waals surface area contributed by atoms with Crippen LogP contribution in [0.25, 0.3) is 11.3 Å². The Kier molecular flexibility index (Phi) is 4.33. The van der Waals surface area contributed by atoms with Gasteiger partial charge < -0.3 is 10.2 Å². The minimum absolute atomic E-state index is 0.210. The van der Waals surface area contributed by atoms with Gasteiger partial charge in [-0.15, -0.1) is 0 Å². The van der Waals surface area contributed by atoms with Gasteiger partial charge in [0.15, 0.2) is 0 Å². The molecule has 0 radical (unpaired) electrons. The number of benzene rings is 2. The summed E-state index contributed by atoms with van der Waals surface area (Å²) < 4.78 is 0. The maximum atomic E-state index is 12.3. The lowest BCUT2D eigenvalue weighted by atomic mass is 10.1. The quantitative estimate of drug-likeness (QED) is 0.770. The first-order valence-electron chi connectivity index (χ1n) is 7.74. The first-order valence-corrected chi connectivity index (χ1v) is 7.74. The van der Waals surface area contributed by atoms with E-state index in [2.05, 4.69) is 15.5 Å². The van der Waals surface area contributed by atoms with E-state index in [9.17, 15) is 4.79 Å². The number of carbonyl (C=O) groups is 1. The molecule has 0 aliphatic rings. The van der Waals surface area contributed by atoms with Gasteiger partial charge in [0.05, 0.1) is 5.69 Å². The Bertz CT molecular complexity index is 833. The van der Waals surface area contributed by atoms with Crippen molar-refractivity contribution in [1.29, 1.82) is 0 Å². The Morgan fingerprint density at radius 2 is 1.71 bits per heavy atom. The molecule has 1 amide bonds. The standard InChI is InChI=1S/C19H20N4O/c1-13-4-6-14(7-5-13)17-12-18(22-21-17)19(24)20-15-8-10-16(11-9-15)23(2)3/h4-12H,1-3H3,(H,20,24)(H,21,22). The summed E-state index contributed by atoms with van der Waals surface area (Å²) >= 11 is 0.